The van der Waals surface area contributed by atoms with E-state index in [1.807, 2.05) is 0 Å². The summed E-state index contributed by atoms with van der Waals surface area (Å²) < 4.78 is 5.55. The van der Waals surface area contributed by atoms with Crippen LogP contribution in [0.4, 0.5) is 0 Å². The Morgan fingerprint density at radius 2 is 2.00 bits per heavy atom. The molecule has 2 aliphatic rings. The lowest BCUT2D eigenvalue weighted by Gasteiger charge is -2.48. The lowest BCUT2D eigenvalue weighted by atomic mass is 9.83. The second-order valence-electron chi connectivity index (χ2n) is 5.89. The molecule has 1 saturated heterocycles. The Balaban J connectivity index is 2.11. The number of rotatable bonds is 7. The summed E-state index contributed by atoms with van der Waals surface area (Å²) in [5.74, 6) is 0. The van der Waals surface area contributed by atoms with Crippen LogP contribution < -0.4 is 5.32 Å². The van der Waals surface area contributed by atoms with Gasteiger partial charge in [-0.25, -0.2) is 0 Å². The third kappa shape index (κ3) is 3.39. The third-order valence-corrected chi connectivity index (χ3v) is 4.87. The molecule has 1 N–H and O–H groups in total. The predicted octanol–water partition coefficient (Wildman–Crippen LogP) is 2.58. The maximum Gasteiger partial charge on any atom is 0.0594 e. The normalized spacial score (nSPS) is 25.3. The molecule has 0 bridgehead atoms. The molecule has 19 heavy (non-hydrogen) atoms. The summed E-state index contributed by atoms with van der Waals surface area (Å²) in [6.45, 7) is 11.2. The second-order valence-corrected chi connectivity index (χ2v) is 5.89. The highest BCUT2D eigenvalue weighted by atomic mass is 16.5. The van der Waals surface area contributed by atoms with Gasteiger partial charge >= 0.3 is 0 Å². The zero-order chi connectivity index (χ0) is 13.6. The van der Waals surface area contributed by atoms with Crippen LogP contribution in [0, 0.1) is 0 Å². The molecular formula is C16H30N2O. The van der Waals surface area contributed by atoms with Crippen molar-refractivity contribution in [3.8, 4) is 0 Å². The maximum atomic E-state index is 5.55. The molecule has 1 unspecified atom stereocenters. The molecule has 0 radical (unpaired) electrons. The molecule has 0 amide bonds. The lowest BCUT2D eigenvalue weighted by Crippen LogP contribution is -2.62. The minimum atomic E-state index is 0.378. The lowest BCUT2D eigenvalue weighted by molar-refractivity contribution is -0.0365. The SMILES string of the molecule is C=CCCC(NCC)C1(N2CCOCC2)CCCC1. The van der Waals surface area contributed by atoms with E-state index < -0.39 is 0 Å². The number of hydrogen-bond donors (Lipinski definition) is 1. The van der Waals surface area contributed by atoms with Crippen LogP contribution in [0.1, 0.15) is 45.4 Å². The monoisotopic (exact) mass is 266 g/mol. The van der Waals surface area contributed by atoms with E-state index in [4.69, 9.17) is 4.74 Å². The highest BCUT2D eigenvalue weighted by Gasteiger charge is 2.45. The zero-order valence-corrected chi connectivity index (χ0v) is 12.5. The minimum Gasteiger partial charge on any atom is -0.379 e. The molecular weight excluding hydrogens is 236 g/mol. The van der Waals surface area contributed by atoms with Crippen molar-refractivity contribution in [3.05, 3.63) is 12.7 Å². The third-order valence-electron chi connectivity index (χ3n) is 4.87. The van der Waals surface area contributed by atoms with Gasteiger partial charge in [-0.15, -0.1) is 6.58 Å². The van der Waals surface area contributed by atoms with Gasteiger partial charge in [0.15, 0.2) is 0 Å². The Morgan fingerprint density at radius 1 is 1.32 bits per heavy atom. The molecule has 1 aliphatic heterocycles. The Hall–Kier alpha value is -0.380. The molecule has 1 saturated carbocycles. The summed E-state index contributed by atoms with van der Waals surface area (Å²) in [5, 5.41) is 3.77. The number of hydrogen-bond acceptors (Lipinski definition) is 3. The number of likely N-dealkylation sites (N-methyl/N-ethyl adjacent to an activating group) is 1. The molecule has 1 aliphatic carbocycles. The fourth-order valence-electron chi connectivity index (χ4n) is 3.97. The first-order valence-electron chi connectivity index (χ1n) is 8.00. The molecule has 1 atom stereocenters. The molecule has 0 aromatic rings. The standard InChI is InChI=1S/C16H30N2O/c1-3-5-8-15(17-4-2)16(9-6-7-10-16)18-11-13-19-14-12-18/h3,15,17H,1,4-14H2,2H3. The molecule has 3 heteroatoms. The largest absolute Gasteiger partial charge is 0.379 e. The fourth-order valence-corrected chi connectivity index (χ4v) is 3.97. The zero-order valence-electron chi connectivity index (χ0n) is 12.5. The smallest absolute Gasteiger partial charge is 0.0594 e. The highest BCUT2D eigenvalue weighted by Crippen LogP contribution is 2.40. The van der Waals surface area contributed by atoms with E-state index in [1.54, 1.807) is 0 Å². The van der Waals surface area contributed by atoms with Crippen LogP contribution in [-0.2, 0) is 4.74 Å². The van der Waals surface area contributed by atoms with E-state index in [1.165, 1.54) is 32.1 Å². The average molecular weight is 266 g/mol. The average Bonchev–Trinajstić information content (AvgIpc) is 2.95. The van der Waals surface area contributed by atoms with Crippen LogP contribution in [0.3, 0.4) is 0 Å². The van der Waals surface area contributed by atoms with Gasteiger partial charge < -0.3 is 10.1 Å². The van der Waals surface area contributed by atoms with E-state index in [0.717, 1.165) is 39.3 Å². The predicted molar refractivity (Wildman–Crippen MR) is 80.5 cm³/mol. The van der Waals surface area contributed by atoms with Crippen molar-refractivity contribution in [2.75, 3.05) is 32.8 Å². The van der Waals surface area contributed by atoms with Crippen LogP contribution in [0.2, 0.25) is 0 Å². The number of morpholine rings is 1. The number of nitrogens with zero attached hydrogens (tertiary/aromatic N) is 1. The van der Waals surface area contributed by atoms with Crippen molar-refractivity contribution in [1.29, 1.82) is 0 Å². The Kier molecular flexibility index (Phi) is 5.86. The van der Waals surface area contributed by atoms with Gasteiger partial charge in [0, 0.05) is 24.7 Å². The van der Waals surface area contributed by atoms with Gasteiger partial charge in [0.05, 0.1) is 13.2 Å². The van der Waals surface area contributed by atoms with E-state index in [0.29, 0.717) is 11.6 Å². The van der Waals surface area contributed by atoms with Gasteiger partial charge in [-0.1, -0.05) is 25.8 Å². The Labute approximate surface area is 118 Å². The first-order valence-corrected chi connectivity index (χ1v) is 8.00. The first-order chi connectivity index (χ1) is 9.33. The summed E-state index contributed by atoms with van der Waals surface area (Å²) in [6, 6.07) is 0.607. The molecule has 2 rings (SSSR count). The highest BCUT2D eigenvalue weighted by molar-refractivity contribution is 5.04. The summed E-state index contributed by atoms with van der Waals surface area (Å²) in [6.07, 6.45) is 9.86. The molecule has 0 aromatic heterocycles. The van der Waals surface area contributed by atoms with Crippen molar-refractivity contribution < 1.29 is 4.74 Å². The summed E-state index contributed by atoms with van der Waals surface area (Å²) in [4.78, 5) is 2.72. The van der Waals surface area contributed by atoms with Crippen LogP contribution >= 0.6 is 0 Å². The number of allylic oxidation sites excluding steroid dienone is 1. The van der Waals surface area contributed by atoms with Crippen LogP contribution in [0.15, 0.2) is 12.7 Å². The Morgan fingerprint density at radius 3 is 2.58 bits per heavy atom. The molecule has 0 spiro atoms. The van der Waals surface area contributed by atoms with Crippen molar-refractivity contribution in [3.63, 3.8) is 0 Å². The van der Waals surface area contributed by atoms with Crippen molar-refractivity contribution in [1.82, 2.24) is 10.2 Å². The Bertz CT molecular complexity index is 268. The first kappa shape index (κ1) is 15.0. The van der Waals surface area contributed by atoms with Gasteiger partial charge in [-0.3, -0.25) is 4.90 Å². The molecule has 0 aromatic carbocycles. The van der Waals surface area contributed by atoms with Gasteiger partial charge in [0.1, 0.15) is 0 Å². The fraction of sp³-hybridized carbons (Fsp3) is 0.875. The van der Waals surface area contributed by atoms with Crippen molar-refractivity contribution in [2.45, 2.75) is 57.0 Å². The quantitative estimate of drug-likeness (QED) is 0.717. The molecule has 2 fully saturated rings. The molecule has 1 heterocycles. The summed E-state index contributed by atoms with van der Waals surface area (Å²) >= 11 is 0. The summed E-state index contributed by atoms with van der Waals surface area (Å²) in [5.41, 5.74) is 0.378. The van der Waals surface area contributed by atoms with Crippen molar-refractivity contribution in [2.24, 2.45) is 0 Å². The van der Waals surface area contributed by atoms with E-state index in [9.17, 15) is 0 Å². The van der Waals surface area contributed by atoms with E-state index >= 15 is 0 Å². The molecule has 110 valence electrons. The summed E-state index contributed by atoms with van der Waals surface area (Å²) in [7, 11) is 0. The number of ether oxygens (including phenoxy) is 1. The topological polar surface area (TPSA) is 24.5 Å². The van der Waals surface area contributed by atoms with Gasteiger partial charge in [-0.2, -0.15) is 0 Å². The van der Waals surface area contributed by atoms with E-state index in [-0.39, 0.29) is 0 Å². The number of nitrogens with one attached hydrogen (secondary N) is 1. The van der Waals surface area contributed by atoms with E-state index in [2.05, 4.69) is 29.8 Å². The molecule has 3 nitrogen and oxygen atoms in total. The van der Waals surface area contributed by atoms with Gasteiger partial charge in [-0.05, 0) is 32.2 Å². The van der Waals surface area contributed by atoms with Crippen LogP contribution in [-0.4, -0.2) is 49.3 Å². The maximum absolute atomic E-state index is 5.55. The van der Waals surface area contributed by atoms with Gasteiger partial charge in [0.2, 0.25) is 0 Å². The van der Waals surface area contributed by atoms with Gasteiger partial charge in [0.25, 0.3) is 0 Å². The van der Waals surface area contributed by atoms with Crippen LogP contribution in [0.25, 0.3) is 0 Å². The minimum absolute atomic E-state index is 0.378. The second kappa shape index (κ2) is 7.41. The van der Waals surface area contributed by atoms with Crippen LogP contribution in [0.5, 0.6) is 0 Å². The van der Waals surface area contributed by atoms with Crippen molar-refractivity contribution >= 4 is 0 Å².